The summed E-state index contributed by atoms with van der Waals surface area (Å²) >= 11 is 0. The molecule has 0 fully saturated rings. The van der Waals surface area contributed by atoms with Crippen LogP contribution in [-0.4, -0.2) is 63.7 Å². The van der Waals surface area contributed by atoms with Gasteiger partial charge in [-0.15, -0.1) is 0 Å². The average molecular weight is 290 g/mol. The van der Waals surface area contributed by atoms with Crippen LogP contribution in [0, 0.1) is 0 Å². The van der Waals surface area contributed by atoms with Crippen LogP contribution in [0.25, 0.3) is 0 Å². The molecule has 0 aliphatic carbocycles. The number of hydrogen-bond donors (Lipinski definition) is 4. The Morgan fingerprint density at radius 2 is 1.70 bits per heavy atom. The number of hydrogen-bond acceptors (Lipinski definition) is 4. The van der Waals surface area contributed by atoms with Gasteiger partial charge < -0.3 is 21.3 Å². The van der Waals surface area contributed by atoms with Crippen LogP contribution in [-0.2, 0) is 9.59 Å². The SMILES string of the molecule is Nc1ccc(C(=O)N[C@@H](CCC(=O)O)C(=O)O)cc1.[NaH]. The molecule has 1 atom stereocenters. The molecule has 0 heterocycles. The van der Waals surface area contributed by atoms with Gasteiger partial charge in [-0.2, -0.15) is 0 Å². The summed E-state index contributed by atoms with van der Waals surface area (Å²) in [6, 6.07) is 4.71. The predicted molar refractivity (Wildman–Crippen MR) is 73.8 cm³/mol. The fourth-order valence-electron chi connectivity index (χ4n) is 1.40. The molecular formula is C12H15N2NaO5. The molecule has 0 aliphatic heterocycles. The minimum atomic E-state index is -1.27. The number of carbonyl (C=O) groups is 3. The van der Waals surface area contributed by atoms with Gasteiger partial charge in [-0.3, -0.25) is 9.59 Å². The Labute approximate surface area is 137 Å². The van der Waals surface area contributed by atoms with E-state index in [2.05, 4.69) is 5.32 Å². The number of carbonyl (C=O) groups excluding carboxylic acids is 1. The number of nitrogen functional groups attached to an aromatic ring is 1. The molecule has 7 nitrogen and oxygen atoms in total. The van der Waals surface area contributed by atoms with Crippen LogP contribution >= 0.6 is 0 Å². The van der Waals surface area contributed by atoms with E-state index in [-0.39, 0.29) is 48.0 Å². The maximum absolute atomic E-state index is 11.8. The summed E-state index contributed by atoms with van der Waals surface area (Å²) in [6.07, 6.45) is -0.510. The van der Waals surface area contributed by atoms with Gasteiger partial charge in [-0.1, -0.05) is 0 Å². The number of benzene rings is 1. The van der Waals surface area contributed by atoms with Gasteiger partial charge in [0.2, 0.25) is 0 Å². The zero-order chi connectivity index (χ0) is 14.4. The number of rotatable bonds is 6. The van der Waals surface area contributed by atoms with Crippen LogP contribution < -0.4 is 11.1 Å². The molecule has 0 aromatic heterocycles. The van der Waals surface area contributed by atoms with Crippen molar-refractivity contribution in [1.29, 1.82) is 0 Å². The van der Waals surface area contributed by atoms with Crippen LogP contribution in [0.1, 0.15) is 23.2 Å². The standard InChI is InChI=1S/C12H14N2O5.Na.H/c13-8-3-1-7(2-4-8)11(17)14-9(12(18)19)5-6-10(15)16;;/h1-4,9H,5-6,13H2,(H,14,17)(H,15,16)(H,18,19);;/t9-;;/m0../s1. The van der Waals surface area contributed by atoms with E-state index in [1.165, 1.54) is 24.3 Å². The summed E-state index contributed by atoms with van der Waals surface area (Å²) in [6.45, 7) is 0. The minimum absolute atomic E-state index is 0. The zero-order valence-corrected chi connectivity index (χ0v) is 10.00. The number of anilines is 1. The zero-order valence-electron chi connectivity index (χ0n) is 10.00. The first-order chi connectivity index (χ1) is 8.90. The molecule has 20 heavy (non-hydrogen) atoms. The first kappa shape index (κ1) is 18.4. The first-order valence-corrected chi connectivity index (χ1v) is 5.51. The average Bonchev–Trinajstić information content (AvgIpc) is 2.34. The summed E-state index contributed by atoms with van der Waals surface area (Å²) in [7, 11) is 0. The molecule has 104 valence electrons. The van der Waals surface area contributed by atoms with Crippen molar-refractivity contribution in [2.24, 2.45) is 0 Å². The fraction of sp³-hybridized carbons (Fsp3) is 0.250. The maximum atomic E-state index is 11.8. The Balaban J connectivity index is 0.00000361. The summed E-state index contributed by atoms with van der Waals surface area (Å²) in [5, 5.41) is 19.7. The van der Waals surface area contributed by atoms with E-state index in [9.17, 15) is 14.4 Å². The molecule has 1 aromatic carbocycles. The molecular weight excluding hydrogens is 275 g/mol. The second-order valence-electron chi connectivity index (χ2n) is 3.92. The molecule has 0 saturated carbocycles. The first-order valence-electron chi connectivity index (χ1n) is 5.51. The molecule has 1 aromatic rings. The summed E-state index contributed by atoms with van der Waals surface area (Å²) in [5.41, 5.74) is 6.21. The molecule has 0 radical (unpaired) electrons. The Bertz CT molecular complexity index is 489. The van der Waals surface area contributed by atoms with E-state index in [1.807, 2.05) is 0 Å². The van der Waals surface area contributed by atoms with Gasteiger partial charge in [0.05, 0.1) is 0 Å². The van der Waals surface area contributed by atoms with Crippen molar-refractivity contribution in [3.05, 3.63) is 29.8 Å². The van der Waals surface area contributed by atoms with Gasteiger partial charge >= 0.3 is 41.5 Å². The number of nitrogens with two attached hydrogens (primary N) is 1. The van der Waals surface area contributed by atoms with Crippen LogP contribution in [0.2, 0.25) is 0 Å². The third kappa shape index (κ3) is 6.05. The van der Waals surface area contributed by atoms with Crippen LogP contribution in [0.15, 0.2) is 24.3 Å². The second-order valence-corrected chi connectivity index (χ2v) is 3.92. The van der Waals surface area contributed by atoms with Crippen molar-refractivity contribution < 1.29 is 24.6 Å². The van der Waals surface area contributed by atoms with Gasteiger partial charge in [-0.05, 0) is 30.7 Å². The second kappa shape index (κ2) is 8.57. The Morgan fingerprint density at radius 1 is 1.15 bits per heavy atom. The van der Waals surface area contributed by atoms with Crippen LogP contribution in [0.4, 0.5) is 5.69 Å². The molecule has 8 heteroatoms. The van der Waals surface area contributed by atoms with E-state index in [0.29, 0.717) is 5.69 Å². The van der Waals surface area contributed by atoms with E-state index in [1.54, 1.807) is 0 Å². The van der Waals surface area contributed by atoms with E-state index in [4.69, 9.17) is 15.9 Å². The molecule has 0 unspecified atom stereocenters. The number of carboxylic acid groups (broad SMARTS) is 2. The van der Waals surface area contributed by atoms with Gasteiger partial charge in [0.1, 0.15) is 6.04 Å². The van der Waals surface area contributed by atoms with Crippen molar-refractivity contribution in [1.82, 2.24) is 5.32 Å². The molecule has 0 aliphatic rings. The molecule has 0 bridgehead atoms. The van der Waals surface area contributed by atoms with E-state index >= 15 is 0 Å². The predicted octanol–water partition coefficient (Wildman–Crippen LogP) is -0.332. The monoisotopic (exact) mass is 290 g/mol. The number of amides is 1. The summed E-state index contributed by atoms with van der Waals surface area (Å²) in [5.74, 6) is -2.98. The number of nitrogens with one attached hydrogen (secondary N) is 1. The molecule has 0 spiro atoms. The molecule has 5 N–H and O–H groups in total. The van der Waals surface area contributed by atoms with Gasteiger partial charge in [0.15, 0.2) is 0 Å². The third-order valence-electron chi connectivity index (χ3n) is 2.42. The number of carboxylic acids is 2. The summed E-state index contributed by atoms with van der Waals surface area (Å²) < 4.78 is 0. The Morgan fingerprint density at radius 3 is 2.15 bits per heavy atom. The Kier molecular flexibility index (Phi) is 7.90. The van der Waals surface area contributed by atoms with Gasteiger partial charge in [-0.25, -0.2) is 4.79 Å². The summed E-state index contributed by atoms with van der Waals surface area (Å²) in [4.78, 5) is 33.1. The fourth-order valence-corrected chi connectivity index (χ4v) is 1.40. The van der Waals surface area contributed by atoms with Crippen molar-refractivity contribution in [3.63, 3.8) is 0 Å². The van der Waals surface area contributed by atoms with Crippen molar-refractivity contribution >= 4 is 53.1 Å². The quantitative estimate of drug-likeness (QED) is 0.419. The third-order valence-corrected chi connectivity index (χ3v) is 2.42. The van der Waals surface area contributed by atoms with Crippen molar-refractivity contribution in [2.45, 2.75) is 18.9 Å². The van der Waals surface area contributed by atoms with Crippen molar-refractivity contribution in [2.75, 3.05) is 5.73 Å². The molecule has 1 amide bonds. The molecule has 1 rings (SSSR count). The van der Waals surface area contributed by atoms with Crippen LogP contribution in [0.5, 0.6) is 0 Å². The van der Waals surface area contributed by atoms with Gasteiger partial charge in [0, 0.05) is 17.7 Å². The van der Waals surface area contributed by atoms with E-state index in [0.717, 1.165) is 0 Å². The topological polar surface area (TPSA) is 130 Å². The normalized spacial score (nSPS) is 11.0. The van der Waals surface area contributed by atoms with Crippen molar-refractivity contribution in [3.8, 4) is 0 Å². The Hall–Kier alpha value is -1.57. The number of aliphatic carboxylic acids is 2. The van der Waals surface area contributed by atoms with E-state index < -0.39 is 23.9 Å². The van der Waals surface area contributed by atoms with Crippen LogP contribution in [0.3, 0.4) is 0 Å². The van der Waals surface area contributed by atoms with Gasteiger partial charge in [0.25, 0.3) is 5.91 Å². The molecule has 0 saturated heterocycles.